The predicted octanol–water partition coefficient (Wildman–Crippen LogP) is 2.07. The first-order chi connectivity index (χ1) is 7.22. The van der Waals surface area contributed by atoms with Crippen LogP contribution >= 0.6 is 11.6 Å². The molecule has 0 saturated heterocycles. The molecule has 0 bridgehead atoms. The zero-order chi connectivity index (χ0) is 10.8. The van der Waals surface area contributed by atoms with Gasteiger partial charge in [0, 0.05) is 0 Å². The summed E-state index contributed by atoms with van der Waals surface area (Å²) in [6, 6.07) is 7.16. The summed E-state index contributed by atoms with van der Waals surface area (Å²) >= 11 is 5.80. The van der Waals surface area contributed by atoms with Crippen LogP contribution in [0.25, 0.3) is 11.0 Å². The van der Waals surface area contributed by atoms with Crippen LogP contribution < -0.4 is 0 Å². The molecule has 5 heteroatoms. The maximum absolute atomic E-state index is 11.3. The molecular formula is C10H7ClN2O2. The second-order valence-corrected chi connectivity index (χ2v) is 3.20. The highest BCUT2D eigenvalue weighted by atomic mass is 35.5. The first kappa shape index (κ1) is 9.86. The van der Waals surface area contributed by atoms with Gasteiger partial charge in [-0.3, -0.25) is 0 Å². The molecule has 4 nitrogen and oxygen atoms in total. The topological polar surface area (TPSA) is 52.1 Å². The van der Waals surface area contributed by atoms with E-state index in [0.29, 0.717) is 11.0 Å². The van der Waals surface area contributed by atoms with E-state index in [1.807, 2.05) is 12.1 Å². The Morgan fingerprint density at radius 2 is 1.87 bits per heavy atom. The monoisotopic (exact) mass is 222 g/mol. The second-order valence-electron chi connectivity index (χ2n) is 2.84. The van der Waals surface area contributed by atoms with Crippen molar-refractivity contribution in [3.63, 3.8) is 0 Å². The van der Waals surface area contributed by atoms with Gasteiger partial charge in [-0.05, 0) is 12.1 Å². The van der Waals surface area contributed by atoms with Crippen LogP contribution in [0.2, 0.25) is 5.15 Å². The molecule has 76 valence electrons. The smallest absolute Gasteiger partial charge is 0.359 e. The van der Waals surface area contributed by atoms with Gasteiger partial charge in [-0.25, -0.2) is 14.8 Å². The number of ether oxygens (including phenoxy) is 1. The lowest BCUT2D eigenvalue weighted by Crippen LogP contribution is -2.06. The molecule has 1 aromatic heterocycles. The summed E-state index contributed by atoms with van der Waals surface area (Å²) in [5, 5.41) is 0.0561. The molecule has 0 aliphatic heterocycles. The van der Waals surface area contributed by atoms with Crippen LogP contribution in [0.5, 0.6) is 0 Å². The number of para-hydroxylation sites is 2. The molecule has 0 spiro atoms. The summed E-state index contributed by atoms with van der Waals surface area (Å²) in [5.74, 6) is -0.585. The van der Waals surface area contributed by atoms with Crippen LogP contribution in [0, 0.1) is 0 Å². The number of methoxy groups -OCH3 is 1. The van der Waals surface area contributed by atoms with E-state index in [1.165, 1.54) is 7.11 Å². The van der Waals surface area contributed by atoms with Gasteiger partial charge in [0.1, 0.15) is 0 Å². The van der Waals surface area contributed by atoms with Crippen molar-refractivity contribution in [2.45, 2.75) is 0 Å². The number of hydrogen-bond donors (Lipinski definition) is 0. The zero-order valence-electron chi connectivity index (χ0n) is 7.90. The fourth-order valence-electron chi connectivity index (χ4n) is 1.21. The summed E-state index contributed by atoms with van der Waals surface area (Å²) in [4.78, 5) is 19.4. The molecule has 0 atom stereocenters. The molecule has 0 aliphatic carbocycles. The van der Waals surface area contributed by atoms with E-state index >= 15 is 0 Å². The lowest BCUT2D eigenvalue weighted by molar-refractivity contribution is 0.0594. The van der Waals surface area contributed by atoms with Crippen molar-refractivity contribution in [2.24, 2.45) is 0 Å². The number of nitrogens with zero attached hydrogens (tertiary/aromatic N) is 2. The summed E-state index contributed by atoms with van der Waals surface area (Å²) < 4.78 is 4.54. The molecule has 0 saturated carbocycles. The maximum atomic E-state index is 11.3. The largest absolute Gasteiger partial charge is 0.464 e. The van der Waals surface area contributed by atoms with Crippen molar-refractivity contribution >= 4 is 28.6 Å². The summed E-state index contributed by atoms with van der Waals surface area (Å²) in [7, 11) is 1.27. The molecule has 2 rings (SSSR count). The Kier molecular flexibility index (Phi) is 2.51. The third-order valence-corrected chi connectivity index (χ3v) is 2.17. The second kappa shape index (κ2) is 3.82. The number of fused-ring (bicyclic) bond motifs is 1. The molecule has 0 N–H and O–H groups in total. The number of esters is 1. The first-order valence-electron chi connectivity index (χ1n) is 4.23. The third kappa shape index (κ3) is 1.76. The Morgan fingerprint density at radius 1 is 1.27 bits per heavy atom. The van der Waals surface area contributed by atoms with E-state index in [0.717, 1.165) is 0 Å². The number of benzene rings is 1. The van der Waals surface area contributed by atoms with Crippen LogP contribution in [-0.2, 0) is 4.74 Å². The van der Waals surface area contributed by atoms with Crippen molar-refractivity contribution < 1.29 is 9.53 Å². The average Bonchev–Trinajstić information content (AvgIpc) is 2.27. The Hall–Kier alpha value is -1.68. The predicted molar refractivity (Wildman–Crippen MR) is 55.9 cm³/mol. The van der Waals surface area contributed by atoms with Crippen LogP contribution in [0.1, 0.15) is 10.5 Å². The minimum atomic E-state index is -0.585. The van der Waals surface area contributed by atoms with Crippen LogP contribution in [-0.4, -0.2) is 23.0 Å². The van der Waals surface area contributed by atoms with Crippen LogP contribution in [0.15, 0.2) is 24.3 Å². The van der Waals surface area contributed by atoms with E-state index in [1.54, 1.807) is 12.1 Å². The molecule has 0 unspecified atom stereocenters. The molecular weight excluding hydrogens is 216 g/mol. The highest BCUT2D eigenvalue weighted by Crippen LogP contribution is 2.17. The van der Waals surface area contributed by atoms with Crippen molar-refractivity contribution in [2.75, 3.05) is 7.11 Å². The van der Waals surface area contributed by atoms with Crippen molar-refractivity contribution in [3.05, 3.63) is 35.1 Å². The summed E-state index contributed by atoms with van der Waals surface area (Å²) in [6.07, 6.45) is 0. The van der Waals surface area contributed by atoms with Gasteiger partial charge >= 0.3 is 5.97 Å². The number of aromatic nitrogens is 2. The maximum Gasteiger partial charge on any atom is 0.359 e. The van der Waals surface area contributed by atoms with E-state index in [-0.39, 0.29) is 10.8 Å². The number of halogens is 1. The van der Waals surface area contributed by atoms with Crippen LogP contribution in [0.3, 0.4) is 0 Å². The van der Waals surface area contributed by atoms with Gasteiger partial charge in [0.15, 0.2) is 10.8 Å². The molecule has 2 aromatic rings. The Labute approximate surface area is 90.9 Å². The molecule has 1 aromatic carbocycles. The quantitative estimate of drug-likeness (QED) is 0.693. The van der Waals surface area contributed by atoms with E-state index < -0.39 is 5.97 Å². The summed E-state index contributed by atoms with van der Waals surface area (Å²) in [5.41, 5.74) is 1.30. The summed E-state index contributed by atoms with van der Waals surface area (Å²) in [6.45, 7) is 0. The standard InChI is InChI=1S/C10H7ClN2O2/c1-15-10(14)8-9(11)13-7-5-3-2-4-6(7)12-8/h2-5H,1H3. The Bertz CT molecular complexity index is 528. The van der Waals surface area contributed by atoms with E-state index in [9.17, 15) is 4.79 Å². The van der Waals surface area contributed by atoms with Gasteiger partial charge < -0.3 is 4.74 Å². The van der Waals surface area contributed by atoms with Gasteiger partial charge in [-0.2, -0.15) is 0 Å². The normalized spacial score (nSPS) is 10.3. The average molecular weight is 223 g/mol. The van der Waals surface area contributed by atoms with Gasteiger partial charge in [-0.15, -0.1) is 0 Å². The number of hydrogen-bond acceptors (Lipinski definition) is 4. The van der Waals surface area contributed by atoms with E-state index in [4.69, 9.17) is 11.6 Å². The minimum absolute atomic E-state index is 0.0397. The lowest BCUT2D eigenvalue weighted by Gasteiger charge is -2.02. The number of carbonyl (C=O) groups is 1. The first-order valence-corrected chi connectivity index (χ1v) is 4.61. The molecule has 0 fully saturated rings. The zero-order valence-corrected chi connectivity index (χ0v) is 8.65. The fourth-order valence-corrected chi connectivity index (χ4v) is 1.42. The van der Waals surface area contributed by atoms with Crippen molar-refractivity contribution in [3.8, 4) is 0 Å². The molecule has 0 amide bonds. The van der Waals surface area contributed by atoms with Crippen molar-refractivity contribution in [1.29, 1.82) is 0 Å². The van der Waals surface area contributed by atoms with Gasteiger partial charge in [0.05, 0.1) is 18.1 Å². The Morgan fingerprint density at radius 3 is 2.47 bits per heavy atom. The van der Waals surface area contributed by atoms with Gasteiger partial charge in [0.2, 0.25) is 0 Å². The van der Waals surface area contributed by atoms with Crippen LogP contribution in [0.4, 0.5) is 0 Å². The SMILES string of the molecule is COC(=O)c1nc2ccccc2nc1Cl. The molecule has 0 aliphatic rings. The van der Waals surface area contributed by atoms with E-state index in [2.05, 4.69) is 14.7 Å². The number of rotatable bonds is 1. The third-order valence-electron chi connectivity index (χ3n) is 1.91. The number of carbonyl (C=O) groups excluding carboxylic acids is 1. The van der Waals surface area contributed by atoms with Gasteiger partial charge in [-0.1, -0.05) is 23.7 Å². The molecule has 0 radical (unpaired) electrons. The highest BCUT2D eigenvalue weighted by molar-refractivity contribution is 6.32. The highest BCUT2D eigenvalue weighted by Gasteiger charge is 2.14. The molecule has 15 heavy (non-hydrogen) atoms. The molecule has 1 heterocycles. The van der Waals surface area contributed by atoms with Gasteiger partial charge in [0.25, 0.3) is 0 Å². The fraction of sp³-hybridized carbons (Fsp3) is 0.100. The lowest BCUT2D eigenvalue weighted by atomic mass is 10.3. The minimum Gasteiger partial charge on any atom is -0.464 e. The van der Waals surface area contributed by atoms with Crippen molar-refractivity contribution in [1.82, 2.24) is 9.97 Å². The Balaban J connectivity index is 2.67.